The van der Waals surface area contributed by atoms with Crippen molar-refractivity contribution in [2.24, 2.45) is 0 Å². The van der Waals surface area contributed by atoms with E-state index in [9.17, 15) is 9.59 Å². The number of thiocarbonyl (C=S) groups is 1. The van der Waals surface area contributed by atoms with E-state index in [1.165, 1.54) is 0 Å². The van der Waals surface area contributed by atoms with Gasteiger partial charge in [0.1, 0.15) is 11.5 Å². The highest BCUT2D eigenvalue weighted by molar-refractivity contribution is 9.10. The van der Waals surface area contributed by atoms with Crippen molar-refractivity contribution in [3.8, 4) is 11.5 Å². The van der Waals surface area contributed by atoms with Crippen LogP contribution in [0.2, 0.25) is 0 Å². The highest BCUT2D eigenvalue weighted by Crippen LogP contribution is 2.32. The number of rotatable bonds is 7. The van der Waals surface area contributed by atoms with Crippen molar-refractivity contribution in [1.82, 2.24) is 16.2 Å². The Labute approximate surface area is 196 Å². The van der Waals surface area contributed by atoms with Crippen molar-refractivity contribution in [2.45, 2.75) is 33.6 Å². The fourth-order valence-electron chi connectivity index (χ4n) is 2.61. The Morgan fingerprint density at radius 2 is 1.61 bits per heavy atom. The fourth-order valence-corrected chi connectivity index (χ4v) is 3.13. The number of nitrogens with one attached hydrogen (secondary N) is 3. The maximum Gasteiger partial charge on any atom is 0.276 e. The monoisotopic (exact) mass is 507 g/mol. The molecular weight excluding hydrogens is 482 g/mol. The summed E-state index contributed by atoms with van der Waals surface area (Å²) >= 11 is 8.54. The molecule has 2 aromatic carbocycles. The van der Waals surface area contributed by atoms with Gasteiger partial charge in [-0.2, -0.15) is 0 Å². The van der Waals surface area contributed by atoms with Gasteiger partial charge >= 0.3 is 0 Å². The van der Waals surface area contributed by atoms with Crippen LogP contribution in [0.5, 0.6) is 11.5 Å². The minimum atomic E-state index is -0.446. The molecule has 9 heteroatoms. The van der Waals surface area contributed by atoms with Crippen LogP contribution in [0.1, 0.15) is 36.5 Å². The van der Waals surface area contributed by atoms with Crippen molar-refractivity contribution in [3.05, 3.63) is 57.6 Å². The second-order valence-corrected chi connectivity index (χ2v) is 8.45. The second-order valence-electron chi connectivity index (χ2n) is 7.19. The Morgan fingerprint density at radius 1 is 0.968 bits per heavy atom. The number of para-hydroxylation sites is 1. The van der Waals surface area contributed by atoms with Crippen LogP contribution < -0.4 is 25.6 Å². The summed E-state index contributed by atoms with van der Waals surface area (Å²) in [6, 6.07) is 11.3. The number of halogens is 1. The molecule has 2 rings (SSSR count). The zero-order chi connectivity index (χ0) is 23.0. The number of hydrogen-bond donors (Lipinski definition) is 3. The predicted octanol–water partition coefficient (Wildman–Crippen LogP) is 3.67. The van der Waals surface area contributed by atoms with Gasteiger partial charge < -0.3 is 9.47 Å². The molecule has 2 amide bonds. The molecule has 0 heterocycles. The number of aryl methyl sites for hydroxylation is 2. The number of hydrogen-bond acceptors (Lipinski definition) is 5. The highest BCUT2D eigenvalue weighted by Gasteiger charge is 2.13. The van der Waals surface area contributed by atoms with E-state index in [2.05, 4.69) is 45.9 Å². The minimum Gasteiger partial charge on any atom is -0.483 e. The summed E-state index contributed by atoms with van der Waals surface area (Å²) < 4.78 is 12.1. The van der Waals surface area contributed by atoms with E-state index in [0.29, 0.717) is 11.5 Å². The molecule has 0 aromatic heterocycles. The largest absolute Gasteiger partial charge is 0.483 e. The SMILES string of the molecule is Cc1cc(OCC(=O)NC(=S)NNC(=O)COc2ccccc2C)c(C(C)C)cc1Br. The molecule has 0 aliphatic rings. The molecule has 0 aliphatic carbocycles. The quantitative estimate of drug-likeness (QED) is 0.391. The van der Waals surface area contributed by atoms with E-state index < -0.39 is 11.8 Å². The van der Waals surface area contributed by atoms with E-state index in [1.807, 2.05) is 44.2 Å². The molecule has 0 atom stereocenters. The van der Waals surface area contributed by atoms with Crippen molar-refractivity contribution < 1.29 is 19.1 Å². The van der Waals surface area contributed by atoms with E-state index >= 15 is 0 Å². The lowest BCUT2D eigenvalue weighted by Crippen LogP contribution is -2.50. The molecule has 3 N–H and O–H groups in total. The van der Waals surface area contributed by atoms with Crippen molar-refractivity contribution in [2.75, 3.05) is 13.2 Å². The molecule has 2 aromatic rings. The summed E-state index contributed by atoms with van der Waals surface area (Å²) in [5.41, 5.74) is 7.76. The summed E-state index contributed by atoms with van der Waals surface area (Å²) in [5.74, 6) is 0.608. The van der Waals surface area contributed by atoms with Gasteiger partial charge in [0.05, 0.1) is 0 Å². The summed E-state index contributed by atoms with van der Waals surface area (Å²) in [6.45, 7) is 7.53. The minimum absolute atomic E-state index is 0.0473. The Kier molecular flexibility index (Phi) is 9.26. The van der Waals surface area contributed by atoms with E-state index in [-0.39, 0.29) is 24.2 Å². The lowest BCUT2D eigenvalue weighted by molar-refractivity contribution is -0.124. The molecule has 0 radical (unpaired) electrons. The summed E-state index contributed by atoms with van der Waals surface area (Å²) in [4.78, 5) is 24.0. The zero-order valence-electron chi connectivity index (χ0n) is 17.9. The Bertz CT molecular complexity index is 966. The summed E-state index contributed by atoms with van der Waals surface area (Å²) in [7, 11) is 0. The van der Waals surface area contributed by atoms with Gasteiger partial charge in [0, 0.05) is 4.47 Å². The maximum atomic E-state index is 12.1. The molecular formula is C22H26BrN3O4S. The van der Waals surface area contributed by atoms with Gasteiger partial charge in [-0.05, 0) is 66.9 Å². The molecule has 0 aliphatic heterocycles. The molecule has 0 bridgehead atoms. The van der Waals surface area contributed by atoms with Gasteiger partial charge in [-0.15, -0.1) is 0 Å². The molecule has 0 spiro atoms. The number of carbonyl (C=O) groups excluding carboxylic acids is 2. The average Bonchev–Trinajstić information content (AvgIpc) is 2.72. The second kappa shape index (κ2) is 11.7. The summed E-state index contributed by atoms with van der Waals surface area (Å²) in [6.07, 6.45) is 0. The zero-order valence-corrected chi connectivity index (χ0v) is 20.3. The van der Waals surface area contributed by atoms with Crippen LogP contribution in [0.15, 0.2) is 40.9 Å². The van der Waals surface area contributed by atoms with Gasteiger partial charge in [-0.25, -0.2) is 0 Å². The lowest BCUT2D eigenvalue weighted by atomic mass is 10.0. The third kappa shape index (κ3) is 7.84. The van der Waals surface area contributed by atoms with Crippen LogP contribution in [0.4, 0.5) is 0 Å². The molecule has 0 saturated heterocycles. The first-order valence-electron chi connectivity index (χ1n) is 9.67. The number of amides is 2. The molecule has 31 heavy (non-hydrogen) atoms. The lowest BCUT2D eigenvalue weighted by Gasteiger charge is -2.16. The maximum absolute atomic E-state index is 12.1. The smallest absolute Gasteiger partial charge is 0.276 e. The third-order valence-electron chi connectivity index (χ3n) is 4.29. The number of hydrazine groups is 1. The number of ether oxygens (including phenoxy) is 2. The van der Waals surface area contributed by atoms with Gasteiger partial charge in [0.25, 0.3) is 11.8 Å². The van der Waals surface area contributed by atoms with Crippen LogP contribution in [0, 0.1) is 13.8 Å². The van der Waals surface area contributed by atoms with E-state index in [0.717, 1.165) is 21.2 Å². The normalized spacial score (nSPS) is 10.4. The summed E-state index contributed by atoms with van der Waals surface area (Å²) in [5, 5.41) is 2.41. The molecule has 0 fully saturated rings. The van der Waals surface area contributed by atoms with Crippen LogP contribution in [-0.2, 0) is 9.59 Å². The molecule has 166 valence electrons. The Balaban J connectivity index is 1.76. The van der Waals surface area contributed by atoms with E-state index in [4.69, 9.17) is 21.7 Å². The Morgan fingerprint density at radius 3 is 2.29 bits per heavy atom. The standard InChI is InChI=1S/C22H26BrN3O4S/c1-13(2)16-10-17(23)15(4)9-19(16)30-11-20(27)24-22(31)26-25-21(28)12-29-18-8-6-5-7-14(18)3/h5-10,13H,11-12H2,1-4H3,(H,25,28)(H2,24,26,27,31). The van der Waals surface area contributed by atoms with Crippen molar-refractivity contribution in [3.63, 3.8) is 0 Å². The predicted molar refractivity (Wildman–Crippen MR) is 127 cm³/mol. The first-order chi connectivity index (χ1) is 14.7. The number of carbonyl (C=O) groups is 2. The van der Waals surface area contributed by atoms with E-state index in [1.54, 1.807) is 6.07 Å². The van der Waals surface area contributed by atoms with Gasteiger partial charge in [-0.3, -0.25) is 25.8 Å². The highest BCUT2D eigenvalue weighted by atomic mass is 79.9. The first-order valence-corrected chi connectivity index (χ1v) is 10.9. The van der Waals surface area contributed by atoms with Gasteiger partial charge in [0.2, 0.25) is 0 Å². The van der Waals surface area contributed by atoms with Gasteiger partial charge in [-0.1, -0.05) is 48.0 Å². The topological polar surface area (TPSA) is 88.7 Å². The fraction of sp³-hybridized carbons (Fsp3) is 0.318. The molecule has 0 saturated carbocycles. The van der Waals surface area contributed by atoms with Gasteiger partial charge in [0.15, 0.2) is 18.3 Å². The average molecular weight is 508 g/mol. The van der Waals surface area contributed by atoms with Crippen LogP contribution in [0.25, 0.3) is 0 Å². The van der Waals surface area contributed by atoms with Crippen LogP contribution >= 0.6 is 28.1 Å². The van der Waals surface area contributed by atoms with Crippen LogP contribution in [0.3, 0.4) is 0 Å². The van der Waals surface area contributed by atoms with Crippen LogP contribution in [-0.4, -0.2) is 30.1 Å². The first kappa shape index (κ1) is 24.6. The molecule has 7 nitrogen and oxygen atoms in total. The number of benzene rings is 2. The van der Waals surface area contributed by atoms with Crippen molar-refractivity contribution in [1.29, 1.82) is 0 Å². The third-order valence-corrected chi connectivity index (χ3v) is 5.35. The van der Waals surface area contributed by atoms with Crippen molar-refractivity contribution >= 4 is 45.1 Å². The molecule has 0 unspecified atom stereocenters. The Hall–Kier alpha value is -2.65.